The molecule has 0 bridgehead atoms. The van der Waals surface area contributed by atoms with E-state index in [9.17, 15) is 14.4 Å². The van der Waals surface area contributed by atoms with E-state index in [4.69, 9.17) is 16.6 Å². The van der Waals surface area contributed by atoms with Gasteiger partial charge in [0.1, 0.15) is 0 Å². The lowest BCUT2D eigenvalue weighted by Crippen LogP contribution is -2.43. The summed E-state index contributed by atoms with van der Waals surface area (Å²) in [4.78, 5) is 48.9. The molecule has 42 heavy (non-hydrogen) atoms. The summed E-state index contributed by atoms with van der Waals surface area (Å²) < 4.78 is 2.03. The molecule has 2 saturated heterocycles. The van der Waals surface area contributed by atoms with Crippen LogP contribution in [-0.4, -0.2) is 57.8 Å². The first kappa shape index (κ1) is 29.6. The van der Waals surface area contributed by atoms with Crippen molar-refractivity contribution in [2.45, 2.75) is 50.9 Å². The van der Waals surface area contributed by atoms with Gasteiger partial charge in [-0.25, -0.2) is 0 Å². The number of carbonyl (C=O) groups excluding carboxylic acids is 2. The summed E-state index contributed by atoms with van der Waals surface area (Å²) in [5.74, 6) is 0.946. The molecule has 7 nitrogen and oxygen atoms in total. The first-order valence-electron chi connectivity index (χ1n) is 14.6. The molecule has 6 rings (SSSR count). The standard InChI is InChI=1S/C32H33Br2ClN4O3/c33-24-14-22-2-1-21-15-25(35)16-26(34)29(21)30(31(22)37-18-24)20-7-11-38(12-8-20)28(41)13-19-5-9-39(10-6-19)32(42)23-3-4-27(40)36-17-23/h3-4,14-20,30H,1-2,5-13H2,(H,36,40)/t30-/m1/s1. The Hall–Kier alpha value is -2.49. The Morgan fingerprint density at radius 2 is 1.67 bits per heavy atom. The highest BCUT2D eigenvalue weighted by atomic mass is 79.9. The zero-order chi connectivity index (χ0) is 29.4. The molecule has 220 valence electrons. The van der Waals surface area contributed by atoms with Crippen molar-refractivity contribution < 1.29 is 9.59 Å². The van der Waals surface area contributed by atoms with Gasteiger partial charge in [0.15, 0.2) is 0 Å². The minimum atomic E-state index is -0.223. The van der Waals surface area contributed by atoms with Gasteiger partial charge in [0, 0.05) is 70.9 Å². The third kappa shape index (κ3) is 6.24. The molecule has 10 heteroatoms. The molecule has 4 heterocycles. The van der Waals surface area contributed by atoms with Gasteiger partial charge in [0.25, 0.3) is 5.91 Å². The predicted octanol–water partition coefficient (Wildman–Crippen LogP) is 6.36. The maximum atomic E-state index is 13.4. The number of halogens is 3. The zero-order valence-electron chi connectivity index (χ0n) is 23.3. The quantitative estimate of drug-likeness (QED) is 0.341. The summed E-state index contributed by atoms with van der Waals surface area (Å²) in [6.07, 6.45) is 9.21. The number of nitrogens with zero attached hydrogens (tertiary/aromatic N) is 3. The van der Waals surface area contributed by atoms with E-state index in [1.54, 1.807) is 6.07 Å². The van der Waals surface area contributed by atoms with E-state index in [1.807, 2.05) is 22.1 Å². The van der Waals surface area contributed by atoms with E-state index in [0.717, 1.165) is 71.3 Å². The molecule has 0 saturated carbocycles. The SMILES string of the molecule is O=C(CC1CCN(C(=O)c2ccc(=O)[nH]c2)CC1)N1CCC([C@H]2c3ncc(Br)cc3CCc3cc(Cl)cc(Br)c32)CC1. The highest BCUT2D eigenvalue weighted by Crippen LogP contribution is 2.46. The number of nitrogens with one attached hydrogen (secondary N) is 1. The molecule has 1 atom stereocenters. The molecule has 2 aliphatic heterocycles. The van der Waals surface area contributed by atoms with Crippen LogP contribution in [0.15, 0.2) is 56.5 Å². The largest absolute Gasteiger partial charge is 0.343 e. The van der Waals surface area contributed by atoms with Crippen molar-refractivity contribution in [2.24, 2.45) is 11.8 Å². The van der Waals surface area contributed by atoms with Crippen molar-refractivity contribution in [3.63, 3.8) is 0 Å². The van der Waals surface area contributed by atoms with Crippen LogP contribution in [0.2, 0.25) is 5.02 Å². The number of rotatable bonds is 4. The van der Waals surface area contributed by atoms with Crippen molar-refractivity contribution in [3.05, 3.63) is 95.0 Å². The number of amides is 2. The molecule has 2 amide bonds. The lowest BCUT2D eigenvalue weighted by Gasteiger charge is -2.38. The fourth-order valence-corrected chi connectivity index (χ4v) is 8.45. The minimum absolute atomic E-state index is 0.0736. The van der Waals surface area contributed by atoms with E-state index < -0.39 is 0 Å². The molecule has 3 aromatic rings. The van der Waals surface area contributed by atoms with Gasteiger partial charge in [-0.15, -0.1) is 0 Å². The van der Waals surface area contributed by atoms with Crippen LogP contribution in [0, 0.1) is 11.8 Å². The van der Waals surface area contributed by atoms with E-state index in [1.165, 1.54) is 29.0 Å². The number of aromatic amines is 1. The number of carbonyl (C=O) groups is 2. The normalized spacial score (nSPS) is 19.6. The number of hydrogen-bond donors (Lipinski definition) is 1. The lowest BCUT2D eigenvalue weighted by molar-refractivity contribution is -0.134. The molecule has 1 aliphatic carbocycles. The van der Waals surface area contributed by atoms with Gasteiger partial charge in [0.2, 0.25) is 11.5 Å². The lowest BCUT2D eigenvalue weighted by atomic mass is 9.76. The monoisotopic (exact) mass is 714 g/mol. The summed E-state index contributed by atoms with van der Waals surface area (Å²) in [6.45, 7) is 2.74. The second-order valence-corrected chi connectivity index (χ2v) is 13.9. The van der Waals surface area contributed by atoms with Gasteiger partial charge in [-0.05, 0) is 107 Å². The average Bonchev–Trinajstić information content (AvgIpc) is 3.14. The van der Waals surface area contributed by atoms with Crippen molar-refractivity contribution in [1.29, 1.82) is 0 Å². The fraction of sp³-hybridized carbons (Fsp3) is 0.438. The highest BCUT2D eigenvalue weighted by molar-refractivity contribution is 9.10. The Bertz CT molecular complexity index is 1540. The number of aromatic nitrogens is 2. The average molecular weight is 717 g/mol. The second kappa shape index (κ2) is 12.6. The Kier molecular flexibility index (Phi) is 8.89. The van der Waals surface area contributed by atoms with Crippen molar-refractivity contribution in [3.8, 4) is 0 Å². The van der Waals surface area contributed by atoms with Gasteiger partial charge < -0.3 is 14.8 Å². The topological polar surface area (TPSA) is 86.4 Å². The third-order valence-corrected chi connectivity index (χ3v) is 10.5. The number of hydrogen-bond acceptors (Lipinski definition) is 4. The number of pyridine rings is 2. The number of likely N-dealkylation sites (tertiary alicyclic amines) is 2. The van der Waals surface area contributed by atoms with E-state index in [2.05, 4.69) is 49.0 Å². The summed E-state index contributed by atoms with van der Waals surface area (Å²) >= 11 is 13.9. The minimum Gasteiger partial charge on any atom is -0.343 e. The molecule has 1 N–H and O–H groups in total. The molecule has 1 aromatic carbocycles. The van der Waals surface area contributed by atoms with Gasteiger partial charge in [-0.1, -0.05) is 27.5 Å². The molecule has 3 aliphatic rings. The van der Waals surface area contributed by atoms with Gasteiger partial charge in [-0.3, -0.25) is 19.4 Å². The summed E-state index contributed by atoms with van der Waals surface area (Å²) in [7, 11) is 0. The van der Waals surface area contributed by atoms with Gasteiger partial charge in [0.05, 0.1) is 11.3 Å². The van der Waals surface area contributed by atoms with E-state index >= 15 is 0 Å². The predicted molar refractivity (Wildman–Crippen MR) is 170 cm³/mol. The van der Waals surface area contributed by atoms with Crippen molar-refractivity contribution >= 4 is 55.3 Å². The smallest absolute Gasteiger partial charge is 0.255 e. The first-order chi connectivity index (χ1) is 20.3. The van der Waals surface area contributed by atoms with E-state index in [0.29, 0.717) is 31.0 Å². The van der Waals surface area contributed by atoms with Gasteiger partial charge in [-0.2, -0.15) is 0 Å². The molecule has 2 fully saturated rings. The molecule has 0 spiro atoms. The number of benzene rings is 1. The summed E-state index contributed by atoms with van der Waals surface area (Å²) in [5.41, 5.74) is 5.26. The Morgan fingerprint density at radius 1 is 0.952 bits per heavy atom. The van der Waals surface area contributed by atoms with Crippen LogP contribution in [0.25, 0.3) is 0 Å². The summed E-state index contributed by atoms with van der Waals surface area (Å²) in [5, 5.41) is 0.742. The zero-order valence-corrected chi connectivity index (χ0v) is 27.2. The second-order valence-electron chi connectivity index (χ2n) is 11.7. The maximum absolute atomic E-state index is 13.4. The number of piperidine rings is 2. The summed E-state index contributed by atoms with van der Waals surface area (Å²) in [6, 6.07) is 9.24. The third-order valence-electron chi connectivity index (χ3n) is 9.18. The van der Waals surface area contributed by atoms with Gasteiger partial charge >= 0.3 is 0 Å². The molecule has 0 unspecified atom stereocenters. The molecular weight excluding hydrogens is 684 g/mol. The highest BCUT2D eigenvalue weighted by Gasteiger charge is 2.37. The van der Waals surface area contributed by atoms with Crippen LogP contribution in [0.4, 0.5) is 0 Å². The Balaban J connectivity index is 1.09. The van der Waals surface area contributed by atoms with E-state index in [-0.39, 0.29) is 29.2 Å². The Labute approximate surface area is 267 Å². The van der Waals surface area contributed by atoms with Crippen LogP contribution in [-0.2, 0) is 17.6 Å². The Morgan fingerprint density at radius 3 is 2.38 bits per heavy atom. The number of aryl methyl sites for hydroxylation is 2. The van der Waals surface area contributed by atoms with Crippen LogP contribution < -0.4 is 5.56 Å². The van der Waals surface area contributed by atoms with Crippen LogP contribution >= 0.6 is 43.5 Å². The van der Waals surface area contributed by atoms with Crippen molar-refractivity contribution in [2.75, 3.05) is 26.2 Å². The van der Waals surface area contributed by atoms with Crippen LogP contribution in [0.1, 0.15) is 70.8 Å². The first-order valence-corrected chi connectivity index (χ1v) is 16.6. The van der Waals surface area contributed by atoms with Crippen LogP contribution in [0.3, 0.4) is 0 Å². The molecule has 0 radical (unpaired) electrons. The fourth-order valence-electron chi connectivity index (χ4n) is 6.95. The number of fused-ring (bicyclic) bond motifs is 2. The number of H-pyrrole nitrogens is 1. The molecular formula is C32H33Br2ClN4O3. The maximum Gasteiger partial charge on any atom is 0.255 e. The van der Waals surface area contributed by atoms with Crippen LogP contribution in [0.5, 0.6) is 0 Å². The molecule has 2 aromatic heterocycles. The van der Waals surface area contributed by atoms with Crippen molar-refractivity contribution in [1.82, 2.24) is 19.8 Å².